The molecule has 6 heteroatoms. The van der Waals surface area contributed by atoms with Crippen molar-refractivity contribution >= 4 is 5.97 Å². The predicted molar refractivity (Wildman–Crippen MR) is 84.2 cm³/mol. The van der Waals surface area contributed by atoms with Gasteiger partial charge in [-0.15, -0.1) is 0 Å². The maximum atomic E-state index is 11.9. The molecule has 0 aromatic heterocycles. The van der Waals surface area contributed by atoms with Gasteiger partial charge in [0.15, 0.2) is 0 Å². The average molecular weight is 340 g/mol. The molecule has 2 aliphatic heterocycles. The summed E-state index contributed by atoms with van der Waals surface area (Å²) in [4.78, 5) is 11.9. The van der Waals surface area contributed by atoms with Gasteiger partial charge in [0.2, 0.25) is 0 Å². The summed E-state index contributed by atoms with van der Waals surface area (Å²) < 4.78 is 21.9. The molecule has 6 unspecified atom stereocenters. The summed E-state index contributed by atoms with van der Waals surface area (Å²) in [6.45, 7) is 5.00. The SMILES string of the molecule is CC12CCC(COC(=O)C(O)OCC3CC[C@@]4(C)OC4C3)CC1O2. The molecule has 0 amide bonds. The molecule has 7 atom stereocenters. The van der Waals surface area contributed by atoms with Crippen LogP contribution in [0.15, 0.2) is 0 Å². The summed E-state index contributed by atoms with van der Waals surface area (Å²) >= 11 is 0. The molecule has 0 bridgehead atoms. The van der Waals surface area contributed by atoms with Gasteiger partial charge in [-0.25, -0.2) is 4.79 Å². The van der Waals surface area contributed by atoms with E-state index in [1.165, 1.54) is 0 Å². The van der Waals surface area contributed by atoms with Crippen molar-refractivity contribution in [2.75, 3.05) is 13.2 Å². The standard InChI is InChI=1S/C18H28O6/c1-17-5-3-11(7-13(17)23-17)9-21-15(19)16(20)22-10-12-4-6-18(2)14(8-12)24-18/h11-15,19H,3-10H2,1-2H3/t11?,12?,13?,14?,15?,17-,18?/m1/s1. The Morgan fingerprint density at radius 3 is 2.17 bits per heavy atom. The van der Waals surface area contributed by atoms with E-state index in [-0.39, 0.29) is 11.2 Å². The molecule has 2 aliphatic carbocycles. The number of carbonyl (C=O) groups excluding carboxylic acids is 1. The van der Waals surface area contributed by atoms with Crippen molar-refractivity contribution < 1.29 is 28.8 Å². The quantitative estimate of drug-likeness (QED) is 0.451. The number of hydrogen-bond acceptors (Lipinski definition) is 6. The topological polar surface area (TPSA) is 80.8 Å². The maximum Gasteiger partial charge on any atom is 0.363 e. The number of fused-ring (bicyclic) bond motifs is 2. The summed E-state index contributed by atoms with van der Waals surface area (Å²) in [6, 6.07) is 0. The number of ether oxygens (including phenoxy) is 4. The van der Waals surface area contributed by atoms with Gasteiger partial charge in [0.25, 0.3) is 6.29 Å². The summed E-state index contributed by atoms with van der Waals surface area (Å²) in [6.07, 6.45) is 5.09. The lowest BCUT2D eigenvalue weighted by atomic mass is 9.83. The molecular weight excluding hydrogens is 312 g/mol. The highest BCUT2D eigenvalue weighted by Gasteiger charge is 2.56. The first-order valence-corrected chi connectivity index (χ1v) is 9.20. The predicted octanol–water partition coefficient (Wildman–Crippen LogP) is 1.78. The molecule has 2 saturated heterocycles. The summed E-state index contributed by atoms with van der Waals surface area (Å²) in [5, 5.41) is 9.85. The highest BCUT2D eigenvalue weighted by atomic mass is 16.7. The zero-order valence-electron chi connectivity index (χ0n) is 14.5. The van der Waals surface area contributed by atoms with Gasteiger partial charge in [-0.05, 0) is 64.2 Å². The van der Waals surface area contributed by atoms with Crippen molar-refractivity contribution in [1.82, 2.24) is 0 Å². The Balaban J connectivity index is 1.13. The molecular formula is C18H28O6. The smallest absolute Gasteiger partial charge is 0.363 e. The molecule has 6 nitrogen and oxygen atoms in total. The van der Waals surface area contributed by atoms with Gasteiger partial charge >= 0.3 is 5.97 Å². The lowest BCUT2D eigenvalue weighted by Crippen LogP contribution is -2.32. The van der Waals surface area contributed by atoms with Crippen molar-refractivity contribution in [3.05, 3.63) is 0 Å². The molecule has 0 spiro atoms. The highest BCUT2D eigenvalue weighted by molar-refractivity contribution is 5.72. The third-order valence-electron chi connectivity index (χ3n) is 6.42. The Morgan fingerprint density at radius 2 is 1.62 bits per heavy atom. The third kappa shape index (κ3) is 3.34. The molecule has 4 aliphatic rings. The van der Waals surface area contributed by atoms with Gasteiger partial charge in [-0.1, -0.05) is 0 Å². The Bertz CT molecular complexity index is 510. The first-order chi connectivity index (χ1) is 11.4. The van der Waals surface area contributed by atoms with E-state index in [2.05, 4.69) is 13.8 Å². The zero-order valence-corrected chi connectivity index (χ0v) is 14.5. The van der Waals surface area contributed by atoms with E-state index in [0.29, 0.717) is 37.3 Å². The Labute approximate surface area is 142 Å². The van der Waals surface area contributed by atoms with Gasteiger partial charge in [-0.3, -0.25) is 0 Å². The first kappa shape index (κ1) is 16.8. The number of rotatable bonds is 6. The van der Waals surface area contributed by atoms with E-state index in [1.54, 1.807) is 0 Å². The van der Waals surface area contributed by atoms with Crippen LogP contribution >= 0.6 is 0 Å². The van der Waals surface area contributed by atoms with Crippen molar-refractivity contribution in [2.45, 2.75) is 82.1 Å². The van der Waals surface area contributed by atoms with Crippen molar-refractivity contribution in [1.29, 1.82) is 0 Å². The number of epoxide rings is 2. The minimum absolute atomic E-state index is 0.0739. The Kier molecular flexibility index (Phi) is 4.15. The first-order valence-electron chi connectivity index (χ1n) is 9.20. The molecule has 136 valence electrons. The molecule has 2 saturated carbocycles. The normalized spacial score (nSPS) is 47.3. The molecule has 2 heterocycles. The van der Waals surface area contributed by atoms with E-state index in [9.17, 15) is 9.90 Å². The van der Waals surface area contributed by atoms with Crippen LogP contribution in [0.4, 0.5) is 0 Å². The van der Waals surface area contributed by atoms with Gasteiger partial charge in [0.1, 0.15) is 0 Å². The van der Waals surface area contributed by atoms with Crippen molar-refractivity contribution in [2.24, 2.45) is 11.8 Å². The largest absolute Gasteiger partial charge is 0.462 e. The summed E-state index contributed by atoms with van der Waals surface area (Å²) in [7, 11) is 0. The van der Waals surface area contributed by atoms with Crippen LogP contribution < -0.4 is 0 Å². The second kappa shape index (κ2) is 5.94. The van der Waals surface area contributed by atoms with Crippen LogP contribution in [-0.2, 0) is 23.7 Å². The number of esters is 1. The van der Waals surface area contributed by atoms with Crippen LogP contribution in [0.1, 0.15) is 52.4 Å². The second-order valence-electron chi connectivity index (χ2n) is 8.43. The van der Waals surface area contributed by atoms with Crippen LogP contribution in [0.5, 0.6) is 0 Å². The molecule has 1 N–H and O–H groups in total. The summed E-state index contributed by atoms with van der Waals surface area (Å²) in [5.41, 5.74) is 0.153. The van der Waals surface area contributed by atoms with E-state index in [4.69, 9.17) is 18.9 Å². The van der Waals surface area contributed by atoms with Crippen LogP contribution in [0.3, 0.4) is 0 Å². The molecule has 4 fully saturated rings. The number of carbonyl (C=O) groups is 1. The molecule has 0 aromatic rings. The fraction of sp³-hybridized carbons (Fsp3) is 0.944. The fourth-order valence-electron chi connectivity index (χ4n) is 4.31. The third-order valence-corrected chi connectivity index (χ3v) is 6.42. The van der Waals surface area contributed by atoms with Crippen molar-refractivity contribution in [3.8, 4) is 0 Å². The van der Waals surface area contributed by atoms with Crippen molar-refractivity contribution in [3.63, 3.8) is 0 Å². The monoisotopic (exact) mass is 340 g/mol. The minimum atomic E-state index is -1.48. The zero-order chi connectivity index (χ0) is 16.9. The van der Waals surface area contributed by atoms with E-state index < -0.39 is 12.3 Å². The molecule has 0 aromatic carbocycles. The lowest BCUT2D eigenvalue weighted by molar-refractivity contribution is -0.187. The number of aliphatic hydroxyl groups excluding tert-OH is 1. The Morgan fingerprint density at radius 1 is 1.08 bits per heavy atom. The number of hydrogen-bond donors (Lipinski definition) is 1. The highest BCUT2D eigenvalue weighted by Crippen LogP contribution is 2.50. The van der Waals surface area contributed by atoms with Gasteiger partial charge in [-0.2, -0.15) is 0 Å². The Hall–Kier alpha value is -0.690. The van der Waals surface area contributed by atoms with Gasteiger partial charge in [0, 0.05) is 0 Å². The second-order valence-corrected chi connectivity index (χ2v) is 8.43. The van der Waals surface area contributed by atoms with Crippen LogP contribution in [0, 0.1) is 11.8 Å². The summed E-state index contributed by atoms with van der Waals surface area (Å²) in [5.74, 6) is -0.0100. The van der Waals surface area contributed by atoms with Crippen LogP contribution in [0.2, 0.25) is 0 Å². The minimum Gasteiger partial charge on any atom is -0.462 e. The fourth-order valence-corrected chi connectivity index (χ4v) is 4.31. The van der Waals surface area contributed by atoms with Gasteiger partial charge < -0.3 is 24.1 Å². The lowest BCUT2D eigenvalue weighted by Gasteiger charge is -2.24. The van der Waals surface area contributed by atoms with Crippen LogP contribution in [0.25, 0.3) is 0 Å². The molecule has 0 radical (unpaired) electrons. The van der Waals surface area contributed by atoms with Gasteiger partial charge in [0.05, 0.1) is 36.6 Å². The van der Waals surface area contributed by atoms with E-state index in [0.717, 1.165) is 38.5 Å². The van der Waals surface area contributed by atoms with E-state index >= 15 is 0 Å². The van der Waals surface area contributed by atoms with E-state index in [1.807, 2.05) is 0 Å². The number of aliphatic hydroxyl groups is 1. The van der Waals surface area contributed by atoms with Crippen LogP contribution in [-0.4, -0.2) is 54.0 Å². The average Bonchev–Trinajstić information content (AvgIpc) is 3.42. The molecule has 4 rings (SSSR count). The maximum absolute atomic E-state index is 11.9. The molecule has 24 heavy (non-hydrogen) atoms.